The molecule has 150 valence electrons. The standard InChI is InChI=1S/C21H33N3O3/c1-3-22-21(24-15-19-9-6-12-26-19)23-14-16-10-11-18(25-2)13-20(16)27-17-7-4-5-8-17/h10-11,13,17,19H,3-9,12,14-15H2,1-2H3,(H2,22,23,24). The van der Waals surface area contributed by atoms with E-state index in [1.165, 1.54) is 12.8 Å². The van der Waals surface area contributed by atoms with E-state index in [0.717, 1.165) is 68.4 Å². The number of hydrogen-bond donors (Lipinski definition) is 2. The Balaban J connectivity index is 1.65. The molecule has 1 unspecified atom stereocenters. The van der Waals surface area contributed by atoms with Crippen molar-refractivity contribution in [2.45, 2.75) is 64.2 Å². The van der Waals surface area contributed by atoms with Crippen LogP contribution in [0.2, 0.25) is 0 Å². The van der Waals surface area contributed by atoms with Crippen molar-refractivity contribution in [3.8, 4) is 11.5 Å². The molecule has 6 heteroatoms. The molecule has 3 rings (SSSR count). The molecule has 1 aliphatic carbocycles. The fourth-order valence-corrected chi connectivity index (χ4v) is 3.61. The summed E-state index contributed by atoms with van der Waals surface area (Å²) in [7, 11) is 1.69. The van der Waals surface area contributed by atoms with Crippen LogP contribution in [0.5, 0.6) is 11.5 Å². The molecule has 1 aromatic carbocycles. The molecule has 1 aliphatic heterocycles. The maximum atomic E-state index is 6.27. The largest absolute Gasteiger partial charge is 0.497 e. The summed E-state index contributed by atoms with van der Waals surface area (Å²) in [5.74, 6) is 2.52. The zero-order valence-corrected chi connectivity index (χ0v) is 16.6. The lowest BCUT2D eigenvalue weighted by atomic mass is 10.2. The monoisotopic (exact) mass is 375 g/mol. The summed E-state index contributed by atoms with van der Waals surface area (Å²) in [5.41, 5.74) is 1.08. The second kappa shape index (κ2) is 10.4. The third-order valence-electron chi connectivity index (χ3n) is 5.14. The minimum Gasteiger partial charge on any atom is -0.497 e. The van der Waals surface area contributed by atoms with Crippen LogP contribution < -0.4 is 20.1 Å². The molecule has 0 bridgehead atoms. The molecule has 1 aromatic rings. The molecule has 6 nitrogen and oxygen atoms in total. The minimum absolute atomic E-state index is 0.288. The zero-order chi connectivity index (χ0) is 18.9. The van der Waals surface area contributed by atoms with Crippen LogP contribution in [0.4, 0.5) is 0 Å². The number of benzene rings is 1. The van der Waals surface area contributed by atoms with E-state index < -0.39 is 0 Å². The van der Waals surface area contributed by atoms with Crippen LogP contribution in [0, 0.1) is 0 Å². The van der Waals surface area contributed by atoms with Gasteiger partial charge in [-0.05, 0) is 57.6 Å². The number of guanidine groups is 1. The van der Waals surface area contributed by atoms with E-state index >= 15 is 0 Å². The minimum atomic E-state index is 0.288. The van der Waals surface area contributed by atoms with E-state index in [9.17, 15) is 0 Å². The van der Waals surface area contributed by atoms with Gasteiger partial charge in [-0.15, -0.1) is 0 Å². The predicted octanol–water partition coefficient (Wildman–Crippen LogP) is 3.25. The highest BCUT2D eigenvalue weighted by atomic mass is 16.5. The Morgan fingerprint density at radius 1 is 1.19 bits per heavy atom. The van der Waals surface area contributed by atoms with Crippen LogP contribution in [0.1, 0.15) is 51.0 Å². The summed E-state index contributed by atoms with van der Waals surface area (Å²) in [5, 5.41) is 6.71. The predicted molar refractivity (Wildman–Crippen MR) is 108 cm³/mol. The van der Waals surface area contributed by atoms with Crippen molar-refractivity contribution in [1.29, 1.82) is 0 Å². The Morgan fingerprint density at radius 3 is 2.74 bits per heavy atom. The number of nitrogens with zero attached hydrogens (tertiary/aromatic N) is 1. The summed E-state index contributed by atoms with van der Waals surface area (Å²) < 4.78 is 17.3. The molecule has 1 saturated heterocycles. The van der Waals surface area contributed by atoms with Crippen LogP contribution in [-0.4, -0.2) is 45.0 Å². The second-order valence-electron chi connectivity index (χ2n) is 7.21. The van der Waals surface area contributed by atoms with Crippen LogP contribution in [0.15, 0.2) is 23.2 Å². The molecule has 2 aliphatic rings. The van der Waals surface area contributed by atoms with E-state index in [1.54, 1.807) is 7.11 Å². The molecule has 0 radical (unpaired) electrons. The highest BCUT2D eigenvalue weighted by Crippen LogP contribution is 2.30. The number of ether oxygens (including phenoxy) is 3. The maximum Gasteiger partial charge on any atom is 0.191 e. The first-order valence-electron chi connectivity index (χ1n) is 10.3. The van der Waals surface area contributed by atoms with Gasteiger partial charge in [0.15, 0.2) is 5.96 Å². The average Bonchev–Trinajstić information content (AvgIpc) is 3.38. The van der Waals surface area contributed by atoms with E-state index in [4.69, 9.17) is 19.2 Å². The third-order valence-corrected chi connectivity index (χ3v) is 5.14. The van der Waals surface area contributed by atoms with Crippen molar-refractivity contribution in [2.75, 3.05) is 26.8 Å². The zero-order valence-electron chi connectivity index (χ0n) is 16.6. The topological polar surface area (TPSA) is 64.1 Å². The number of nitrogens with one attached hydrogen (secondary N) is 2. The number of aliphatic imine (C=N–C) groups is 1. The second-order valence-corrected chi connectivity index (χ2v) is 7.21. The third kappa shape index (κ3) is 6.03. The Labute approximate surface area is 162 Å². The van der Waals surface area contributed by atoms with Gasteiger partial charge >= 0.3 is 0 Å². The van der Waals surface area contributed by atoms with Gasteiger partial charge in [-0.3, -0.25) is 0 Å². The molecule has 2 fully saturated rings. The number of hydrogen-bond acceptors (Lipinski definition) is 4. The van der Waals surface area contributed by atoms with Crippen molar-refractivity contribution in [1.82, 2.24) is 10.6 Å². The Morgan fingerprint density at radius 2 is 2.04 bits per heavy atom. The van der Waals surface area contributed by atoms with Gasteiger partial charge in [0.25, 0.3) is 0 Å². The fourth-order valence-electron chi connectivity index (χ4n) is 3.61. The van der Waals surface area contributed by atoms with Crippen LogP contribution in [-0.2, 0) is 11.3 Å². The summed E-state index contributed by atoms with van der Waals surface area (Å²) in [6.45, 7) is 5.12. The quantitative estimate of drug-likeness (QED) is 0.539. The van der Waals surface area contributed by atoms with Gasteiger partial charge in [0.1, 0.15) is 11.5 Å². The Bertz CT molecular complexity index is 609. The first kappa shape index (κ1) is 19.8. The molecule has 0 amide bonds. The van der Waals surface area contributed by atoms with Gasteiger partial charge in [0.2, 0.25) is 0 Å². The lowest BCUT2D eigenvalue weighted by Crippen LogP contribution is -2.41. The van der Waals surface area contributed by atoms with Gasteiger partial charge < -0.3 is 24.8 Å². The van der Waals surface area contributed by atoms with Crippen molar-refractivity contribution < 1.29 is 14.2 Å². The molecular formula is C21H33N3O3. The molecule has 2 N–H and O–H groups in total. The van der Waals surface area contributed by atoms with E-state index in [0.29, 0.717) is 12.6 Å². The molecule has 0 aromatic heterocycles. The van der Waals surface area contributed by atoms with E-state index in [1.807, 2.05) is 12.1 Å². The maximum absolute atomic E-state index is 6.27. The fraction of sp³-hybridized carbons (Fsp3) is 0.667. The van der Waals surface area contributed by atoms with Crippen molar-refractivity contribution >= 4 is 5.96 Å². The summed E-state index contributed by atoms with van der Waals surface area (Å²) in [6.07, 6.45) is 7.62. The van der Waals surface area contributed by atoms with E-state index in [-0.39, 0.29) is 6.10 Å². The molecule has 1 atom stereocenters. The van der Waals surface area contributed by atoms with Gasteiger partial charge in [0, 0.05) is 31.3 Å². The van der Waals surface area contributed by atoms with Crippen LogP contribution in [0.3, 0.4) is 0 Å². The van der Waals surface area contributed by atoms with Crippen LogP contribution >= 0.6 is 0 Å². The molecule has 1 saturated carbocycles. The smallest absolute Gasteiger partial charge is 0.191 e. The summed E-state index contributed by atoms with van der Waals surface area (Å²) in [4.78, 5) is 4.75. The van der Waals surface area contributed by atoms with Crippen molar-refractivity contribution in [3.63, 3.8) is 0 Å². The lowest BCUT2D eigenvalue weighted by molar-refractivity contribution is 0.114. The van der Waals surface area contributed by atoms with Crippen molar-refractivity contribution in [3.05, 3.63) is 23.8 Å². The Kier molecular flexibility index (Phi) is 7.63. The van der Waals surface area contributed by atoms with Crippen molar-refractivity contribution in [2.24, 2.45) is 4.99 Å². The first-order valence-corrected chi connectivity index (χ1v) is 10.3. The SMILES string of the molecule is CCNC(=NCc1ccc(OC)cc1OC1CCCC1)NCC1CCCO1. The van der Waals surface area contributed by atoms with Gasteiger partial charge in [0.05, 0.1) is 25.9 Å². The van der Waals surface area contributed by atoms with E-state index in [2.05, 4.69) is 23.6 Å². The van der Waals surface area contributed by atoms with Crippen LogP contribution in [0.25, 0.3) is 0 Å². The molecule has 27 heavy (non-hydrogen) atoms. The molecule has 0 spiro atoms. The number of rotatable bonds is 8. The summed E-state index contributed by atoms with van der Waals surface area (Å²) in [6, 6.07) is 6.01. The number of methoxy groups -OCH3 is 1. The average molecular weight is 376 g/mol. The Hall–Kier alpha value is -1.95. The highest BCUT2D eigenvalue weighted by molar-refractivity contribution is 5.79. The van der Waals surface area contributed by atoms with Gasteiger partial charge in [-0.1, -0.05) is 0 Å². The van der Waals surface area contributed by atoms with Gasteiger partial charge in [-0.25, -0.2) is 4.99 Å². The highest BCUT2D eigenvalue weighted by Gasteiger charge is 2.19. The molecular weight excluding hydrogens is 342 g/mol. The molecule has 1 heterocycles. The lowest BCUT2D eigenvalue weighted by Gasteiger charge is -2.18. The summed E-state index contributed by atoms with van der Waals surface area (Å²) >= 11 is 0. The normalized spacial score (nSPS) is 20.7. The first-order chi connectivity index (χ1) is 13.3. The van der Waals surface area contributed by atoms with Gasteiger partial charge in [-0.2, -0.15) is 0 Å².